The van der Waals surface area contributed by atoms with Gasteiger partial charge in [-0.2, -0.15) is 0 Å². The highest BCUT2D eigenvalue weighted by Crippen LogP contribution is 2.28. The molecule has 1 fully saturated rings. The molecule has 1 unspecified atom stereocenters. The molecule has 1 aliphatic rings. The van der Waals surface area contributed by atoms with Crippen molar-refractivity contribution in [1.82, 2.24) is 9.88 Å². The van der Waals surface area contributed by atoms with Crippen molar-refractivity contribution in [1.29, 1.82) is 0 Å². The van der Waals surface area contributed by atoms with Crippen molar-refractivity contribution in [3.8, 4) is 0 Å². The van der Waals surface area contributed by atoms with E-state index < -0.39 is 0 Å². The molecular weight excluding hydrogens is 316 g/mol. The fourth-order valence-electron chi connectivity index (χ4n) is 3.08. The molecule has 1 atom stereocenters. The van der Waals surface area contributed by atoms with E-state index in [1.807, 2.05) is 22.6 Å². The van der Waals surface area contributed by atoms with Crippen LogP contribution < -0.4 is 0 Å². The summed E-state index contributed by atoms with van der Waals surface area (Å²) in [6, 6.07) is 8.42. The van der Waals surface area contributed by atoms with Crippen LogP contribution >= 0.6 is 11.3 Å². The van der Waals surface area contributed by atoms with Gasteiger partial charge in [-0.1, -0.05) is 38.1 Å². The molecule has 0 bridgehead atoms. The summed E-state index contributed by atoms with van der Waals surface area (Å²) in [6.07, 6.45) is 7.64. The van der Waals surface area contributed by atoms with E-state index in [-0.39, 0.29) is 5.91 Å². The van der Waals surface area contributed by atoms with Gasteiger partial charge in [-0.15, -0.1) is 11.3 Å². The number of benzene rings is 1. The number of thiazole rings is 1. The molecule has 3 rings (SSSR count). The molecule has 0 spiro atoms. The molecule has 0 aliphatic carbocycles. The number of likely N-dealkylation sites (tertiary alicyclic amines) is 1. The molecular formula is C20H24N2OS. The molecule has 3 nitrogen and oxygen atoms in total. The van der Waals surface area contributed by atoms with Crippen molar-refractivity contribution >= 4 is 23.3 Å². The monoisotopic (exact) mass is 340 g/mol. The number of hydrogen-bond acceptors (Lipinski definition) is 3. The maximum absolute atomic E-state index is 12.5. The van der Waals surface area contributed by atoms with Gasteiger partial charge in [0.2, 0.25) is 5.91 Å². The van der Waals surface area contributed by atoms with Crippen LogP contribution in [0, 0.1) is 0 Å². The molecule has 2 aromatic rings. The first-order valence-corrected chi connectivity index (χ1v) is 9.48. The first kappa shape index (κ1) is 16.9. The van der Waals surface area contributed by atoms with Crippen LogP contribution in [0.15, 0.2) is 41.9 Å². The number of aromatic nitrogens is 1. The number of carbonyl (C=O) groups excluding carboxylic acids is 1. The lowest BCUT2D eigenvalue weighted by Gasteiger charge is -2.31. The summed E-state index contributed by atoms with van der Waals surface area (Å²) in [5.41, 5.74) is 2.39. The summed E-state index contributed by atoms with van der Waals surface area (Å²) in [6.45, 7) is 5.99. The molecule has 1 amide bonds. The zero-order chi connectivity index (χ0) is 16.9. The lowest BCUT2D eigenvalue weighted by atomic mass is 9.98. The molecule has 1 saturated heterocycles. The number of piperidine rings is 1. The Morgan fingerprint density at radius 2 is 2.12 bits per heavy atom. The Morgan fingerprint density at radius 1 is 1.33 bits per heavy atom. The average Bonchev–Trinajstić information content (AvgIpc) is 3.15. The Labute approximate surface area is 148 Å². The third kappa shape index (κ3) is 4.12. The molecule has 24 heavy (non-hydrogen) atoms. The van der Waals surface area contributed by atoms with Gasteiger partial charge in [-0.3, -0.25) is 4.79 Å². The van der Waals surface area contributed by atoms with E-state index in [0.717, 1.165) is 36.5 Å². The quantitative estimate of drug-likeness (QED) is 0.757. The van der Waals surface area contributed by atoms with Crippen molar-refractivity contribution < 1.29 is 4.79 Å². The van der Waals surface area contributed by atoms with E-state index in [0.29, 0.717) is 11.8 Å². The minimum Gasteiger partial charge on any atom is -0.338 e. The Kier molecular flexibility index (Phi) is 5.46. The molecule has 2 heterocycles. The van der Waals surface area contributed by atoms with Crippen molar-refractivity contribution in [2.75, 3.05) is 13.1 Å². The second kappa shape index (κ2) is 7.75. The largest absolute Gasteiger partial charge is 0.338 e. The Bertz CT molecular complexity index is 689. The number of amides is 1. The zero-order valence-corrected chi connectivity index (χ0v) is 15.1. The first-order chi connectivity index (χ1) is 11.6. The molecule has 1 aliphatic heterocycles. The van der Waals surface area contributed by atoms with Gasteiger partial charge in [0.15, 0.2) is 0 Å². The maximum Gasteiger partial charge on any atom is 0.246 e. The van der Waals surface area contributed by atoms with Gasteiger partial charge >= 0.3 is 0 Å². The molecule has 0 saturated carbocycles. The number of carbonyl (C=O) groups is 1. The highest BCUT2D eigenvalue weighted by atomic mass is 32.1. The summed E-state index contributed by atoms with van der Waals surface area (Å²) in [7, 11) is 0. The summed E-state index contributed by atoms with van der Waals surface area (Å²) in [5.74, 6) is 1.02. The highest BCUT2D eigenvalue weighted by Gasteiger charge is 2.24. The van der Waals surface area contributed by atoms with Crippen LogP contribution in [0.25, 0.3) is 6.08 Å². The van der Waals surface area contributed by atoms with Crippen molar-refractivity contribution in [3.63, 3.8) is 0 Å². The minimum atomic E-state index is 0.101. The Hall–Kier alpha value is -1.94. The van der Waals surface area contributed by atoms with Crippen LogP contribution in [-0.4, -0.2) is 28.9 Å². The van der Waals surface area contributed by atoms with Gasteiger partial charge in [0.1, 0.15) is 0 Å². The van der Waals surface area contributed by atoms with Crippen LogP contribution in [0.5, 0.6) is 0 Å². The third-order valence-electron chi connectivity index (χ3n) is 4.56. The maximum atomic E-state index is 12.5. The average molecular weight is 340 g/mol. The van der Waals surface area contributed by atoms with Gasteiger partial charge in [0.05, 0.1) is 5.01 Å². The molecule has 0 radical (unpaired) electrons. The van der Waals surface area contributed by atoms with Crippen molar-refractivity contribution in [2.24, 2.45) is 0 Å². The van der Waals surface area contributed by atoms with E-state index in [1.54, 1.807) is 17.4 Å². The fourth-order valence-corrected chi connectivity index (χ4v) is 3.85. The van der Waals surface area contributed by atoms with Crippen LogP contribution in [0.1, 0.15) is 54.7 Å². The molecule has 1 aromatic carbocycles. The van der Waals surface area contributed by atoms with E-state index in [9.17, 15) is 4.79 Å². The van der Waals surface area contributed by atoms with Crippen LogP contribution in [0.2, 0.25) is 0 Å². The van der Waals surface area contributed by atoms with Gasteiger partial charge in [0.25, 0.3) is 0 Å². The second-order valence-electron chi connectivity index (χ2n) is 6.65. The SMILES string of the molecule is CC(C)c1ccc(/C=C/C(=O)N2CCCC(c3nccs3)C2)cc1. The third-order valence-corrected chi connectivity index (χ3v) is 5.49. The van der Waals surface area contributed by atoms with Crippen LogP contribution in [0.4, 0.5) is 0 Å². The van der Waals surface area contributed by atoms with E-state index in [1.165, 1.54) is 5.56 Å². The summed E-state index contributed by atoms with van der Waals surface area (Å²) < 4.78 is 0. The van der Waals surface area contributed by atoms with E-state index in [2.05, 4.69) is 43.1 Å². The van der Waals surface area contributed by atoms with Crippen molar-refractivity contribution in [3.05, 3.63) is 58.1 Å². The smallest absolute Gasteiger partial charge is 0.246 e. The van der Waals surface area contributed by atoms with Gasteiger partial charge in [-0.05, 0) is 36.0 Å². The zero-order valence-electron chi connectivity index (χ0n) is 14.3. The molecule has 126 valence electrons. The molecule has 1 aromatic heterocycles. The van der Waals surface area contributed by atoms with Crippen molar-refractivity contribution in [2.45, 2.75) is 38.5 Å². The van der Waals surface area contributed by atoms with Gasteiger partial charge < -0.3 is 4.90 Å². The Balaban J connectivity index is 1.61. The lowest BCUT2D eigenvalue weighted by molar-refractivity contribution is -0.127. The second-order valence-corrected chi connectivity index (χ2v) is 7.57. The first-order valence-electron chi connectivity index (χ1n) is 8.60. The number of nitrogens with zero attached hydrogens (tertiary/aromatic N) is 2. The minimum absolute atomic E-state index is 0.101. The fraction of sp³-hybridized carbons (Fsp3) is 0.400. The normalized spacial score (nSPS) is 18.5. The van der Waals surface area contributed by atoms with Gasteiger partial charge in [-0.25, -0.2) is 4.98 Å². The van der Waals surface area contributed by atoms with E-state index >= 15 is 0 Å². The van der Waals surface area contributed by atoms with E-state index in [4.69, 9.17) is 0 Å². The predicted molar refractivity (Wildman–Crippen MR) is 100 cm³/mol. The summed E-state index contributed by atoms with van der Waals surface area (Å²) >= 11 is 1.69. The molecule has 4 heteroatoms. The summed E-state index contributed by atoms with van der Waals surface area (Å²) in [5, 5.41) is 3.16. The van der Waals surface area contributed by atoms with Crippen LogP contribution in [0.3, 0.4) is 0 Å². The predicted octanol–water partition coefficient (Wildman–Crippen LogP) is 4.69. The topological polar surface area (TPSA) is 33.2 Å². The Morgan fingerprint density at radius 3 is 2.79 bits per heavy atom. The lowest BCUT2D eigenvalue weighted by Crippen LogP contribution is -2.38. The highest BCUT2D eigenvalue weighted by molar-refractivity contribution is 7.09. The van der Waals surface area contributed by atoms with Crippen LogP contribution in [-0.2, 0) is 4.79 Å². The van der Waals surface area contributed by atoms with Gasteiger partial charge in [0, 0.05) is 36.7 Å². The summed E-state index contributed by atoms with van der Waals surface area (Å²) in [4.78, 5) is 18.8. The number of rotatable bonds is 4. The number of hydrogen-bond donors (Lipinski definition) is 0. The molecule has 0 N–H and O–H groups in total. The standard InChI is InChI=1S/C20H24N2OS/c1-15(2)17-8-5-16(6-9-17)7-10-19(23)22-12-3-4-18(14-22)20-21-11-13-24-20/h5-11,13,15,18H,3-4,12,14H2,1-2H3/b10-7+.